The van der Waals surface area contributed by atoms with Gasteiger partial charge >= 0.3 is 0 Å². The third kappa shape index (κ3) is 2.25. The molecule has 1 aliphatic rings. The summed E-state index contributed by atoms with van der Waals surface area (Å²) in [7, 11) is 0. The highest BCUT2D eigenvalue weighted by atomic mass is 16.3. The number of para-hydroxylation sites is 1. The Morgan fingerprint density at radius 3 is 2.84 bits per heavy atom. The first-order chi connectivity index (χ1) is 9.20. The third-order valence-electron chi connectivity index (χ3n) is 3.72. The fourth-order valence-corrected chi connectivity index (χ4v) is 2.40. The molecule has 3 rings (SSSR count). The van der Waals surface area contributed by atoms with Crippen molar-refractivity contribution in [3.8, 4) is 6.07 Å². The number of pyridine rings is 1. The van der Waals surface area contributed by atoms with E-state index in [-0.39, 0.29) is 0 Å². The fraction of sp³-hybridized carbons (Fsp3) is 0.333. The van der Waals surface area contributed by atoms with Gasteiger partial charge in [0.15, 0.2) is 0 Å². The lowest BCUT2D eigenvalue weighted by atomic mass is 9.80. The van der Waals surface area contributed by atoms with Crippen LogP contribution < -0.4 is 5.32 Å². The molecule has 0 radical (unpaired) electrons. The normalized spacial score (nSPS) is 16.6. The first kappa shape index (κ1) is 11.9. The zero-order chi connectivity index (χ0) is 13.3. The van der Waals surface area contributed by atoms with Gasteiger partial charge < -0.3 is 10.4 Å². The van der Waals surface area contributed by atoms with Gasteiger partial charge in [-0.2, -0.15) is 5.26 Å². The molecule has 0 amide bonds. The Labute approximate surface area is 111 Å². The molecular formula is C15H15N3O. The minimum atomic E-state index is -0.586. The molecule has 4 nitrogen and oxygen atoms in total. The summed E-state index contributed by atoms with van der Waals surface area (Å²) in [6.45, 7) is 0.520. The second-order valence-electron chi connectivity index (χ2n) is 5.12. The van der Waals surface area contributed by atoms with Crippen molar-refractivity contribution in [2.45, 2.75) is 24.9 Å². The summed E-state index contributed by atoms with van der Waals surface area (Å²) in [5.74, 6) is 0. The topological polar surface area (TPSA) is 68.9 Å². The van der Waals surface area contributed by atoms with Crippen LogP contribution in [0.2, 0.25) is 0 Å². The van der Waals surface area contributed by atoms with Gasteiger partial charge in [0.25, 0.3) is 0 Å². The molecule has 0 unspecified atom stereocenters. The van der Waals surface area contributed by atoms with E-state index in [4.69, 9.17) is 5.26 Å². The van der Waals surface area contributed by atoms with Crippen molar-refractivity contribution >= 4 is 16.6 Å². The van der Waals surface area contributed by atoms with Crippen LogP contribution in [0.5, 0.6) is 0 Å². The lowest BCUT2D eigenvalue weighted by Gasteiger charge is -2.37. The van der Waals surface area contributed by atoms with E-state index in [0.717, 1.165) is 35.9 Å². The maximum absolute atomic E-state index is 10.1. The Hall–Kier alpha value is -2.12. The Bertz CT molecular complexity index is 656. The molecule has 2 N–H and O–H groups in total. The van der Waals surface area contributed by atoms with E-state index in [1.807, 2.05) is 24.3 Å². The van der Waals surface area contributed by atoms with Gasteiger partial charge in [0, 0.05) is 17.6 Å². The average molecular weight is 253 g/mol. The van der Waals surface area contributed by atoms with Gasteiger partial charge in [0.05, 0.1) is 11.1 Å². The Balaban J connectivity index is 1.94. The molecule has 1 aromatic carbocycles. The van der Waals surface area contributed by atoms with Gasteiger partial charge in [0.1, 0.15) is 11.8 Å². The predicted molar refractivity (Wildman–Crippen MR) is 73.7 cm³/mol. The molecule has 1 saturated carbocycles. The summed E-state index contributed by atoms with van der Waals surface area (Å²) in [4.78, 5) is 4.27. The quantitative estimate of drug-likeness (QED) is 0.881. The van der Waals surface area contributed by atoms with Crippen LogP contribution in [0.4, 0.5) is 5.69 Å². The molecular weight excluding hydrogens is 238 g/mol. The number of hydrogen-bond acceptors (Lipinski definition) is 4. The maximum atomic E-state index is 10.1. The van der Waals surface area contributed by atoms with Gasteiger partial charge in [-0.15, -0.1) is 0 Å². The predicted octanol–water partition coefficient (Wildman–Crippen LogP) is 2.43. The molecule has 1 aromatic heterocycles. The lowest BCUT2D eigenvalue weighted by Crippen LogP contribution is -2.43. The number of nitrogens with zero attached hydrogens (tertiary/aromatic N) is 2. The van der Waals surface area contributed by atoms with Crippen molar-refractivity contribution in [2.75, 3.05) is 11.9 Å². The van der Waals surface area contributed by atoms with Gasteiger partial charge in [0.2, 0.25) is 0 Å². The highest BCUT2D eigenvalue weighted by Crippen LogP contribution is 2.32. The van der Waals surface area contributed by atoms with Crippen LogP contribution in [-0.4, -0.2) is 22.2 Å². The van der Waals surface area contributed by atoms with Crippen molar-refractivity contribution < 1.29 is 5.11 Å². The molecule has 2 aromatic rings. The molecule has 0 saturated heterocycles. The summed E-state index contributed by atoms with van der Waals surface area (Å²) >= 11 is 0. The molecule has 1 aliphatic carbocycles. The number of anilines is 1. The molecule has 0 spiro atoms. The Kier molecular flexibility index (Phi) is 2.84. The highest BCUT2D eigenvalue weighted by molar-refractivity contribution is 5.91. The van der Waals surface area contributed by atoms with Crippen molar-refractivity contribution in [3.05, 3.63) is 36.0 Å². The van der Waals surface area contributed by atoms with Crippen LogP contribution in [0.3, 0.4) is 0 Å². The first-order valence-electron chi connectivity index (χ1n) is 6.46. The molecule has 0 aliphatic heterocycles. The van der Waals surface area contributed by atoms with E-state index in [9.17, 15) is 5.11 Å². The molecule has 19 heavy (non-hydrogen) atoms. The highest BCUT2D eigenvalue weighted by Gasteiger charge is 2.34. The number of aliphatic hydroxyl groups is 1. The molecule has 0 atom stereocenters. The first-order valence-corrected chi connectivity index (χ1v) is 6.46. The van der Waals surface area contributed by atoms with E-state index in [1.54, 1.807) is 6.07 Å². The van der Waals surface area contributed by atoms with Crippen LogP contribution in [0.15, 0.2) is 30.3 Å². The van der Waals surface area contributed by atoms with Crippen molar-refractivity contribution in [2.24, 2.45) is 0 Å². The van der Waals surface area contributed by atoms with Crippen LogP contribution in [0.1, 0.15) is 25.0 Å². The fourth-order valence-electron chi connectivity index (χ4n) is 2.40. The average Bonchev–Trinajstić information content (AvgIpc) is 2.42. The standard InChI is InChI=1S/C15H15N3O/c16-9-11-8-14(17-10-15(19)6-3-7-15)12-4-1-2-5-13(12)18-11/h1-2,4-5,8,19H,3,6-7,10H2,(H,17,18). The SMILES string of the molecule is N#Cc1cc(NCC2(O)CCC2)c2ccccc2n1. The molecule has 1 fully saturated rings. The third-order valence-corrected chi connectivity index (χ3v) is 3.72. The van der Waals surface area contributed by atoms with E-state index in [0.29, 0.717) is 12.2 Å². The number of rotatable bonds is 3. The molecule has 1 heterocycles. The van der Waals surface area contributed by atoms with E-state index < -0.39 is 5.60 Å². The van der Waals surface area contributed by atoms with E-state index in [1.165, 1.54) is 0 Å². The second kappa shape index (κ2) is 4.52. The largest absolute Gasteiger partial charge is 0.388 e. The zero-order valence-electron chi connectivity index (χ0n) is 10.6. The van der Waals surface area contributed by atoms with Crippen molar-refractivity contribution in [1.82, 2.24) is 4.98 Å². The van der Waals surface area contributed by atoms with E-state index in [2.05, 4.69) is 16.4 Å². The molecule has 4 heteroatoms. The van der Waals surface area contributed by atoms with Crippen molar-refractivity contribution in [3.63, 3.8) is 0 Å². The molecule has 96 valence electrons. The summed E-state index contributed by atoms with van der Waals surface area (Å²) < 4.78 is 0. The van der Waals surface area contributed by atoms with Gasteiger partial charge in [-0.05, 0) is 31.4 Å². The number of nitriles is 1. The molecule has 0 bridgehead atoms. The number of aromatic nitrogens is 1. The number of hydrogen-bond donors (Lipinski definition) is 2. The van der Waals surface area contributed by atoms with Crippen LogP contribution in [-0.2, 0) is 0 Å². The zero-order valence-corrected chi connectivity index (χ0v) is 10.6. The van der Waals surface area contributed by atoms with E-state index >= 15 is 0 Å². The number of benzene rings is 1. The van der Waals surface area contributed by atoms with Crippen LogP contribution in [0, 0.1) is 11.3 Å². The van der Waals surface area contributed by atoms with Crippen LogP contribution >= 0.6 is 0 Å². The Morgan fingerprint density at radius 1 is 1.37 bits per heavy atom. The van der Waals surface area contributed by atoms with Gasteiger partial charge in [-0.3, -0.25) is 0 Å². The summed E-state index contributed by atoms with van der Waals surface area (Å²) in [6, 6.07) is 11.5. The van der Waals surface area contributed by atoms with Crippen molar-refractivity contribution in [1.29, 1.82) is 5.26 Å². The summed E-state index contributed by atoms with van der Waals surface area (Å²) in [5, 5.41) is 23.4. The summed E-state index contributed by atoms with van der Waals surface area (Å²) in [6.07, 6.45) is 2.76. The van der Waals surface area contributed by atoms with Crippen LogP contribution in [0.25, 0.3) is 10.9 Å². The summed E-state index contributed by atoms with van der Waals surface area (Å²) in [5.41, 5.74) is 1.46. The maximum Gasteiger partial charge on any atom is 0.143 e. The second-order valence-corrected chi connectivity index (χ2v) is 5.12. The smallest absolute Gasteiger partial charge is 0.143 e. The Morgan fingerprint density at radius 2 is 2.16 bits per heavy atom. The number of fused-ring (bicyclic) bond motifs is 1. The minimum absolute atomic E-state index is 0.391. The monoisotopic (exact) mass is 253 g/mol. The van der Waals surface area contributed by atoms with Gasteiger partial charge in [-0.1, -0.05) is 18.2 Å². The number of nitrogens with one attached hydrogen (secondary N) is 1. The minimum Gasteiger partial charge on any atom is -0.388 e. The van der Waals surface area contributed by atoms with Gasteiger partial charge in [-0.25, -0.2) is 4.98 Å². The lowest BCUT2D eigenvalue weighted by molar-refractivity contribution is -0.0201.